The van der Waals surface area contributed by atoms with Gasteiger partial charge in [-0.2, -0.15) is 12.7 Å². The van der Waals surface area contributed by atoms with Crippen molar-refractivity contribution < 1.29 is 17.9 Å². The lowest BCUT2D eigenvalue weighted by Crippen LogP contribution is -2.48. The number of anilines is 1. The molecule has 1 fully saturated rings. The second-order valence-corrected chi connectivity index (χ2v) is 6.66. The van der Waals surface area contributed by atoms with Crippen LogP contribution in [-0.2, 0) is 10.2 Å². The zero-order valence-electron chi connectivity index (χ0n) is 11.3. The Balaban J connectivity index is 2.21. The molecule has 0 bridgehead atoms. The number of benzene rings is 1. The van der Waals surface area contributed by atoms with E-state index in [0.717, 1.165) is 18.4 Å². The van der Waals surface area contributed by atoms with Crippen molar-refractivity contribution in [1.82, 2.24) is 4.31 Å². The van der Waals surface area contributed by atoms with Crippen LogP contribution in [0.5, 0.6) is 0 Å². The zero-order valence-corrected chi connectivity index (χ0v) is 12.2. The Hall–Kier alpha value is -1.18. The Bertz CT molecular complexity index is 577. The first-order chi connectivity index (χ1) is 9.44. The van der Waals surface area contributed by atoms with E-state index in [1.807, 2.05) is 0 Å². The highest BCUT2D eigenvalue weighted by atomic mass is 32.2. The maximum absolute atomic E-state index is 13.7. The van der Waals surface area contributed by atoms with Gasteiger partial charge >= 0.3 is 10.2 Å². The number of halogens is 1. The normalized spacial score (nSPS) is 20.9. The number of aliphatic hydroxyl groups is 1. The monoisotopic (exact) mass is 302 g/mol. The van der Waals surface area contributed by atoms with Gasteiger partial charge in [-0.25, -0.2) is 4.39 Å². The summed E-state index contributed by atoms with van der Waals surface area (Å²) in [6.45, 7) is 1.85. The van der Waals surface area contributed by atoms with Crippen molar-refractivity contribution in [1.29, 1.82) is 0 Å². The predicted molar refractivity (Wildman–Crippen MR) is 75.1 cm³/mol. The lowest BCUT2D eigenvalue weighted by Gasteiger charge is -2.33. The first-order valence-corrected chi connectivity index (χ1v) is 8.04. The van der Waals surface area contributed by atoms with Gasteiger partial charge < -0.3 is 5.11 Å². The molecule has 112 valence electrons. The summed E-state index contributed by atoms with van der Waals surface area (Å²) in [6, 6.07) is 3.88. The van der Waals surface area contributed by atoms with Gasteiger partial charge in [0.05, 0.1) is 12.3 Å². The van der Waals surface area contributed by atoms with Crippen LogP contribution < -0.4 is 4.72 Å². The van der Waals surface area contributed by atoms with Crippen LogP contribution in [0.3, 0.4) is 0 Å². The van der Waals surface area contributed by atoms with Gasteiger partial charge in [-0.15, -0.1) is 0 Å². The van der Waals surface area contributed by atoms with Gasteiger partial charge in [-0.1, -0.05) is 12.5 Å². The second-order valence-electron chi connectivity index (χ2n) is 5.03. The van der Waals surface area contributed by atoms with E-state index >= 15 is 0 Å². The fourth-order valence-corrected chi connectivity index (χ4v) is 3.87. The molecule has 1 atom stereocenters. The maximum atomic E-state index is 13.7. The third kappa shape index (κ3) is 3.28. The van der Waals surface area contributed by atoms with Gasteiger partial charge in [0, 0.05) is 12.6 Å². The van der Waals surface area contributed by atoms with Crippen molar-refractivity contribution in [2.75, 3.05) is 17.9 Å². The molecule has 0 aliphatic carbocycles. The fraction of sp³-hybridized carbons (Fsp3) is 0.538. The van der Waals surface area contributed by atoms with E-state index < -0.39 is 22.1 Å². The fourth-order valence-electron chi connectivity index (χ4n) is 2.37. The van der Waals surface area contributed by atoms with Crippen LogP contribution in [0, 0.1) is 12.7 Å². The van der Waals surface area contributed by atoms with Gasteiger partial charge in [-0.3, -0.25) is 4.72 Å². The molecule has 20 heavy (non-hydrogen) atoms. The topological polar surface area (TPSA) is 69.6 Å². The minimum atomic E-state index is -3.85. The Labute approximate surface area is 118 Å². The van der Waals surface area contributed by atoms with Crippen LogP contribution in [-0.4, -0.2) is 37.0 Å². The molecule has 5 nitrogen and oxygen atoms in total. The van der Waals surface area contributed by atoms with Gasteiger partial charge in [0.2, 0.25) is 0 Å². The second kappa shape index (κ2) is 6.07. The van der Waals surface area contributed by atoms with E-state index in [0.29, 0.717) is 13.0 Å². The van der Waals surface area contributed by atoms with Crippen LogP contribution in [0.25, 0.3) is 0 Å². The summed E-state index contributed by atoms with van der Waals surface area (Å²) >= 11 is 0. The summed E-state index contributed by atoms with van der Waals surface area (Å²) in [6.07, 6.45) is 2.25. The number of piperidine rings is 1. The maximum Gasteiger partial charge on any atom is 0.302 e. The van der Waals surface area contributed by atoms with E-state index in [1.54, 1.807) is 13.0 Å². The van der Waals surface area contributed by atoms with Crippen molar-refractivity contribution in [3.8, 4) is 0 Å². The number of hydrogen-bond acceptors (Lipinski definition) is 3. The predicted octanol–water partition coefficient (Wildman–Crippen LogP) is 1.64. The van der Waals surface area contributed by atoms with Gasteiger partial charge in [0.25, 0.3) is 0 Å². The van der Waals surface area contributed by atoms with Gasteiger partial charge in [0.1, 0.15) is 5.82 Å². The van der Waals surface area contributed by atoms with E-state index in [9.17, 15) is 17.9 Å². The molecule has 2 rings (SSSR count). The van der Waals surface area contributed by atoms with Crippen molar-refractivity contribution in [2.45, 2.75) is 32.2 Å². The minimum absolute atomic E-state index is 0.0714. The highest BCUT2D eigenvalue weighted by molar-refractivity contribution is 7.90. The van der Waals surface area contributed by atoms with Crippen molar-refractivity contribution in [2.24, 2.45) is 0 Å². The molecule has 0 aromatic heterocycles. The largest absolute Gasteiger partial charge is 0.395 e. The summed E-state index contributed by atoms with van der Waals surface area (Å²) in [5.41, 5.74) is 0.648. The number of nitrogens with zero attached hydrogens (tertiary/aromatic N) is 1. The summed E-state index contributed by atoms with van der Waals surface area (Å²) in [5.74, 6) is -0.605. The van der Waals surface area contributed by atoms with Crippen LogP contribution in [0.15, 0.2) is 18.2 Å². The molecule has 1 aromatic rings. The summed E-state index contributed by atoms with van der Waals surface area (Å²) in [4.78, 5) is 0. The van der Waals surface area contributed by atoms with Crippen molar-refractivity contribution in [3.05, 3.63) is 29.6 Å². The molecule has 2 N–H and O–H groups in total. The molecule has 1 saturated heterocycles. The zero-order chi connectivity index (χ0) is 14.8. The molecule has 7 heteroatoms. The van der Waals surface area contributed by atoms with Crippen LogP contribution in [0.1, 0.15) is 24.8 Å². The third-order valence-corrected chi connectivity index (χ3v) is 5.03. The number of rotatable bonds is 4. The molecule has 0 radical (unpaired) electrons. The lowest BCUT2D eigenvalue weighted by molar-refractivity contribution is 0.156. The van der Waals surface area contributed by atoms with E-state index in [4.69, 9.17) is 0 Å². The number of aryl methyl sites for hydroxylation is 1. The number of aliphatic hydroxyl groups excluding tert-OH is 1. The lowest BCUT2D eigenvalue weighted by atomic mass is 10.1. The Morgan fingerprint density at radius 2 is 2.20 bits per heavy atom. The van der Waals surface area contributed by atoms with E-state index in [2.05, 4.69) is 4.72 Å². The number of nitrogens with one attached hydrogen (secondary N) is 1. The van der Waals surface area contributed by atoms with E-state index in [1.165, 1.54) is 16.4 Å². The van der Waals surface area contributed by atoms with Crippen molar-refractivity contribution >= 4 is 15.9 Å². The van der Waals surface area contributed by atoms with Gasteiger partial charge in [0.15, 0.2) is 0 Å². The molecule has 0 saturated carbocycles. The third-order valence-electron chi connectivity index (χ3n) is 3.46. The van der Waals surface area contributed by atoms with Crippen LogP contribution in [0.4, 0.5) is 10.1 Å². The summed E-state index contributed by atoms with van der Waals surface area (Å²) in [7, 11) is -3.85. The molecular formula is C13H19FN2O3S. The SMILES string of the molecule is Cc1ccc(NS(=O)(=O)N2CCCCC2CO)c(F)c1. The molecule has 1 aliphatic rings. The average molecular weight is 302 g/mol. The van der Waals surface area contributed by atoms with Gasteiger partial charge in [-0.05, 0) is 37.5 Å². The molecule has 1 aliphatic heterocycles. The number of hydrogen-bond donors (Lipinski definition) is 2. The van der Waals surface area contributed by atoms with Crippen LogP contribution in [0.2, 0.25) is 0 Å². The molecule has 1 heterocycles. The van der Waals surface area contributed by atoms with Crippen molar-refractivity contribution in [3.63, 3.8) is 0 Å². The first kappa shape index (κ1) is 15.2. The summed E-state index contributed by atoms with van der Waals surface area (Å²) < 4.78 is 41.8. The first-order valence-electron chi connectivity index (χ1n) is 6.60. The molecular weight excluding hydrogens is 283 g/mol. The smallest absolute Gasteiger partial charge is 0.302 e. The molecule has 0 amide bonds. The highest BCUT2D eigenvalue weighted by Gasteiger charge is 2.32. The quantitative estimate of drug-likeness (QED) is 0.888. The standard InChI is InChI=1S/C13H19FN2O3S/c1-10-5-6-13(12(14)8-10)15-20(18,19)16-7-3-2-4-11(16)9-17/h5-6,8,11,15,17H,2-4,7,9H2,1H3. The minimum Gasteiger partial charge on any atom is -0.395 e. The average Bonchev–Trinajstić information content (AvgIpc) is 2.42. The Morgan fingerprint density at radius 1 is 1.45 bits per heavy atom. The van der Waals surface area contributed by atoms with Crippen LogP contribution >= 0.6 is 0 Å². The Kier molecular flexibility index (Phi) is 4.62. The molecule has 1 unspecified atom stereocenters. The van der Waals surface area contributed by atoms with E-state index in [-0.39, 0.29) is 12.3 Å². The highest BCUT2D eigenvalue weighted by Crippen LogP contribution is 2.23. The molecule has 0 spiro atoms. The molecule has 1 aromatic carbocycles. The summed E-state index contributed by atoms with van der Waals surface area (Å²) in [5, 5.41) is 9.27. The Morgan fingerprint density at radius 3 is 2.85 bits per heavy atom.